The molecule has 0 heterocycles. The van der Waals surface area contributed by atoms with Crippen LogP contribution in [-0.4, -0.2) is 55.7 Å². The third-order valence-corrected chi connectivity index (χ3v) is 11.9. The highest BCUT2D eigenvalue weighted by Crippen LogP contribution is 2.39. The molecule has 5 aromatic rings. The standard InChI is InChI=1S/C55H67N3O9/c1-39(2)50(59)64-35-15-9-8-14-34-63-44-30-24-42(25-31-44)52(61)67-45-28-20-40(21-29-45)38-56-48-32-33-49(47-19-13-12-18-46(47)48)58-57-43-26-22-41(23-27-43)51(60)65-36-16-10-11-17-37-66-53(62)55(6,7)54(3,4)5/h12-13,18-33,50,56,59H,1,8-11,14-17,34-38H2,2-7H3. The number of azo groups is 1. The Balaban J connectivity index is 1.01. The monoisotopic (exact) mass is 913 g/mol. The SMILES string of the molecule is C=C(C)C(O)OCCCCCCOc1ccc(C(=O)Oc2ccc(CNc3ccc(N=Nc4ccc(C(=O)OCCCCCCOC(=O)C(C)(C)C(C)(C)C)cc4)c4ccccc34)cc2)cc1. The van der Waals surface area contributed by atoms with Gasteiger partial charge in [-0.2, -0.15) is 5.11 Å². The van der Waals surface area contributed by atoms with Crippen LogP contribution in [0.5, 0.6) is 11.5 Å². The lowest BCUT2D eigenvalue weighted by Gasteiger charge is -2.36. The van der Waals surface area contributed by atoms with Crippen LogP contribution in [0.4, 0.5) is 17.1 Å². The molecule has 0 aliphatic carbocycles. The van der Waals surface area contributed by atoms with Gasteiger partial charge in [-0.15, -0.1) is 5.11 Å². The number of unbranched alkanes of at least 4 members (excludes halogenated alkanes) is 6. The van der Waals surface area contributed by atoms with E-state index in [1.807, 2.05) is 83.1 Å². The molecule has 5 aromatic carbocycles. The molecule has 0 saturated heterocycles. The summed E-state index contributed by atoms with van der Waals surface area (Å²) in [5.41, 5.74) is 3.97. The van der Waals surface area contributed by atoms with Gasteiger partial charge in [-0.3, -0.25) is 4.79 Å². The van der Waals surface area contributed by atoms with E-state index < -0.39 is 17.7 Å². The summed E-state index contributed by atoms with van der Waals surface area (Å²) in [6.07, 6.45) is 6.05. The number of hydrogen-bond donors (Lipinski definition) is 2. The Morgan fingerprint density at radius 1 is 0.627 bits per heavy atom. The Bertz CT molecular complexity index is 2400. The molecule has 0 bridgehead atoms. The van der Waals surface area contributed by atoms with Gasteiger partial charge in [-0.05, 0) is 155 Å². The largest absolute Gasteiger partial charge is 0.494 e. The maximum atomic E-state index is 12.9. The smallest absolute Gasteiger partial charge is 0.343 e. The molecule has 5 rings (SSSR count). The van der Waals surface area contributed by atoms with Gasteiger partial charge in [0.2, 0.25) is 0 Å². The van der Waals surface area contributed by atoms with Crippen molar-refractivity contribution in [2.45, 2.75) is 106 Å². The van der Waals surface area contributed by atoms with Crippen molar-refractivity contribution < 1.29 is 43.2 Å². The van der Waals surface area contributed by atoms with E-state index in [0.717, 1.165) is 73.4 Å². The van der Waals surface area contributed by atoms with E-state index in [-0.39, 0.29) is 17.4 Å². The molecule has 0 aromatic heterocycles. The first-order valence-corrected chi connectivity index (χ1v) is 23.2. The molecule has 0 saturated carbocycles. The molecule has 0 spiro atoms. The lowest BCUT2D eigenvalue weighted by molar-refractivity contribution is -0.160. The number of hydrogen-bond acceptors (Lipinski definition) is 12. The highest BCUT2D eigenvalue weighted by Gasteiger charge is 2.41. The van der Waals surface area contributed by atoms with Crippen LogP contribution in [0.3, 0.4) is 0 Å². The van der Waals surface area contributed by atoms with Gasteiger partial charge in [0.05, 0.1) is 54.3 Å². The summed E-state index contributed by atoms with van der Waals surface area (Å²) in [4.78, 5) is 38.0. The van der Waals surface area contributed by atoms with Crippen LogP contribution in [0.2, 0.25) is 0 Å². The number of ether oxygens (including phenoxy) is 5. The van der Waals surface area contributed by atoms with Crippen molar-refractivity contribution in [3.63, 3.8) is 0 Å². The Labute approximate surface area is 395 Å². The maximum absolute atomic E-state index is 12.9. The summed E-state index contributed by atoms with van der Waals surface area (Å²) in [6, 6.07) is 33.0. The summed E-state index contributed by atoms with van der Waals surface area (Å²) in [6.45, 7) is 17.7. The minimum Gasteiger partial charge on any atom is -0.494 e. The minimum absolute atomic E-state index is 0.176. The Kier molecular flexibility index (Phi) is 19.7. The molecule has 0 amide bonds. The molecule has 1 unspecified atom stereocenters. The molecule has 356 valence electrons. The van der Waals surface area contributed by atoms with Gasteiger partial charge >= 0.3 is 17.9 Å². The quantitative estimate of drug-likeness (QED) is 0.0137. The van der Waals surface area contributed by atoms with Crippen molar-refractivity contribution >= 4 is 45.7 Å². The van der Waals surface area contributed by atoms with Crippen LogP contribution in [0.25, 0.3) is 10.8 Å². The van der Waals surface area contributed by atoms with Gasteiger partial charge in [0.15, 0.2) is 6.29 Å². The molecule has 0 radical (unpaired) electrons. The molecule has 0 fully saturated rings. The number of carbonyl (C=O) groups is 3. The second-order valence-electron chi connectivity index (χ2n) is 18.2. The number of nitrogens with one attached hydrogen (secondary N) is 1. The van der Waals surface area contributed by atoms with E-state index in [2.05, 4.69) is 22.1 Å². The van der Waals surface area contributed by atoms with Gasteiger partial charge < -0.3 is 34.1 Å². The highest BCUT2D eigenvalue weighted by molar-refractivity contribution is 6.00. The number of rotatable bonds is 26. The van der Waals surface area contributed by atoms with Crippen molar-refractivity contribution in [2.75, 3.05) is 31.7 Å². The molecule has 0 aliphatic rings. The van der Waals surface area contributed by atoms with Crippen LogP contribution < -0.4 is 14.8 Å². The van der Waals surface area contributed by atoms with E-state index in [0.29, 0.717) is 72.5 Å². The predicted molar refractivity (Wildman–Crippen MR) is 263 cm³/mol. The zero-order valence-corrected chi connectivity index (χ0v) is 40.0. The fourth-order valence-electron chi connectivity index (χ4n) is 6.57. The number of benzene rings is 5. The molecule has 67 heavy (non-hydrogen) atoms. The van der Waals surface area contributed by atoms with Crippen molar-refractivity contribution in [2.24, 2.45) is 21.1 Å². The van der Waals surface area contributed by atoms with Crippen LogP contribution >= 0.6 is 0 Å². The molecule has 12 nitrogen and oxygen atoms in total. The summed E-state index contributed by atoms with van der Waals surface area (Å²) < 4.78 is 27.8. The molecular weight excluding hydrogens is 847 g/mol. The van der Waals surface area contributed by atoms with Crippen LogP contribution in [0.1, 0.15) is 119 Å². The maximum Gasteiger partial charge on any atom is 0.343 e. The third kappa shape index (κ3) is 16.2. The van der Waals surface area contributed by atoms with Crippen molar-refractivity contribution in [3.05, 3.63) is 138 Å². The molecule has 0 aliphatic heterocycles. The number of esters is 3. The number of anilines is 1. The molecule has 12 heteroatoms. The fourth-order valence-corrected chi connectivity index (χ4v) is 6.57. The number of aliphatic hydroxyl groups excluding tert-OH is 1. The normalized spacial score (nSPS) is 12.2. The second-order valence-corrected chi connectivity index (χ2v) is 18.2. The molecular formula is C55H67N3O9. The lowest BCUT2D eigenvalue weighted by Crippen LogP contribution is -2.39. The average Bonchev–Trinajstić information content (AvgIpc) is 3.32. The van der Waals surface area contributed by atoms with Gasteiger partial charge in [-0.25, -0.2) is 9.59 Å². The third-order valence-electron chi connectivity index (χ3n) is 11.9. The summed E-state index contributed by atoms with van der Waals surface area (Å²) in [5.74, 6) is 0.112. The molecule has 1 atom stereocenters. The highest BCUT2D eigenvalue weighted by atomic mass is 16.6. The van der Waals surface area contributed by atoms with Crippen molar-refractivity contribution in [1.82, 2.24) is 0 Å². The van der Waals surface area contributed by atoms with Crippen LogP contribution in [0.15, 0.2) is 132 Å². The average molecular weight is 914 g/mol. The zero-order valence-electron chi connectivity index (χ0n) is 40.0. The van der Waals surface area contributed by atoms with E-state index in [4.69, 9.17) is 23.7 Å². The van der Waals surface area contributed by atoms with E-state index >= 15 is 0 Å². The Hall–Kier alpha value is -6.37. The zero-order chi connectivity index (χ0) is 48.2. The van der Waals surface area contributed by atoms with Crippen LogP contribution in [0, 0.1) is 10.8 Å². The van der Waals surface area contributed by atoms with Crippen molar-refractivity contribution in [3.8, 4) is 11.5 Å². The van der Waals surface area contributed by atoms with E-state index in [1.54, 1.807) is 67.6 Å². The van der Waals surface area contributed by atoms with Crippen molar-refractivity contribution in [1.29, 1.82) is 0 Å². The number of aliphatic hydroxyl groups is 1. The summed E-state index contributed by atoms with van der Waals surface area (Å²) >= 11 is 0. The molecule has 2 N–H and O–H groups in total. The minimum atomic E-state index is -0.899. The number of carbonyl (C=O) groups excluding carboxylic acids is 3. The topological polar surface area (TPSA) is 154 Å². The van der Waals surface area contributed by atoms with E-state index in [1.165, 1.54) is 0 Å². The van der Waals surface area contributed by atoms with E-state index in [9.17, 15) is 19.5 Å². The lowest BCUT2D eigenvalue weighted by atomic mass is 9.69. The number of fused-ring (bicyclic) bond motifs is 1. The first kappa shape index (κ1) is 51.6. The Morgan fingerprint density at radius 2 is 1.19 bits per heavy atom. The first-order valence-electron chi connectivity index (χ1n) is 23.2. The summed E-state index contributed by atoms with van der Waals surface area (Å²) in [5, 5.41) is 24.0. The summed E-state index contributed by atoms with van der Waals surface area (Å²) in [7, 11) is 0. The van der Waals surface area contributed by atoms with Gasteiger partial charge in [0.1, 0.15) is 11.5 Å². The Morgan fingerprint density at radius 3 is 1.84 bits per heavy atom. The van der Waals surface area contributed by atoms with Gasteiger partial charge in [0, 0.05) is 23.0 Å². The number of nitrogens with zero attached hydrogens (tertiary/aromatic N) is 2. The first-order chi connectivity index (χ1) is 32.1. The fraction of sp³-hybridized carbons (Fsp3) is 0.400. The van der Waals surface area contributed by atoms with Gasteiger partial charge in [-0.1, -0.05) is 70.2 Å². The second kappa shape index (κ2) is 25.5. The predicted octanol–water partition coefficient (Wildman–Crippen LogP) is 13.3. The van der Waals surface area contributed by atoms with Crippen LogP contribution in [-0.2, 0) is 25.5 Å². The van der Waals surface area contributed by atoms with Gasteiger partial charge in [0.25, 0.3) is 0 Å².